The largest absolute Gasteiger partial charge is 0.507 e. The number of hydrogen-bond donors (Lipinski definition) is 1. The number of aryl methyl sites for hydroxylation is 2. The van der Waals surface area contributed by atoms with Crippen LogP contribution in [0, 0.1) is 13.8 Å². The van der Waals surface area contributed by atoms with Crippen molar-refractivity contribution in [3.05, 3.63) is 99.5 Å². The predicted molar refractivity (Wildman–Crippen MR) is 114 cm³/mol. The van der Waals surface area contributed by atoms with Crippen LogP contribution < -0.4 is 0 Å². The molecule has 1 amide bonds. The normalized spacial score (nSPS) is 18.2. The van der Waals surface area contributed by atoms with Crippen LogP contribution in [0.2, 0.25) is 5.02 Å². The molecule has 2 aromatic carbocycles. The van der Waals surface area contributed by atoms with E-state index in [2.05, 4.69) is 0 Å². The van der Waals surface area contributed by atoms with Crippen LogP contribution in [0.1, 0.15) is 34.1 Å². The van der Waals surface area contributed by atoms with Gasteiger partial charge in [0, 0.05) is 10.6 Å². The number of Topliss-reactive ketones (excluding diaryl/α,β-unsaturated/α-hetero) is 1. The van der Waals surface area contributed by atoms with Gasteiger partial charge >= 0.3 is 0 Å². The summed E-state index contributed by atoms with van der Waals surface area (Å²) in [4.78, 5) is 27.4. The van der Waals surface area contributed by atoms with Gasteiger partial charge < -0.3 is 14.4 Å². The molecule has 3 aromatic rings. The Morgan fingerprint density at radius 3 is 2.60 bits per heavy atom. The highest BCUT2D eigenvalue weighted by Crippen LogP contribution is 2.41. The van der Waals surface area contributed by atoms with Crippen LogP contribution >= 0.6 is 11.6 Å². The fraction of sp³-hybridized carbons (Fsp3) is 0.167. The van der Waals surface area contributed by atoms with Crippen LogP contribution in [0.5, 0.6) is 0 Å². The summed E-state index contributed by atoms with van der Waals surface area (Å²) in [6, 6.07) is 15.2. The number of carbonyl (C=O) groups excluding carboxylic acids is 2. The molecule has 152 valence electrons. The number of amides is 1. The summed E-state index contributed by atoms with van der Waals surface area (Å²) in [7, 11) is 0. The number of aliphatic hydroxyl groups excluding tert-OH is 1. The second kappa shape index (κ2) is 7.84. The maximum Gasteiger partial charge on any atom is 0.296 e. The van der Waals surface area contributed by atoms with E-state index in [1.807, 2.05) is 26.0 Å². The van der Waals surface area contributed by atoms with Gasteiger partial charge in [0.05, 0.1) is 24.4 Å². The van der Waals surface area contributed by atoms with Crippen molar-refractivity contribution < 1.29 is 19.1 Å². The SMILES string of the molecule is Cc1ccc(C)c(/C(O)=C2\C(=O)C(=O)N(Cc3ccco3)C2c2cccc(Cl)c2)c1. The van der Waals surface area contributed by atoms with Crippen molar-refractivity contribution in [1.82, 2.24) is 4.90 Å². The molecule has 0 saturated carbocycles. The van der Waals surface area contributed by atoms with Gasteiger partial charge in [-0.25, -0.2) is 0 Å². The molecule has 0 bridgehead atoms. The Hall–Kier alpha value is -3.31. The molecular weight excluding hydrogens is 402 g/mol. The molecule has 0 spiro atoms. The number of furan rings is 1. The third kappa shape index (κ3) is 3.53. The second-order valence-corrected chi connectivity index (χ2v) is 7.82. The monoisotopic (exact) mass is 421 g/mol. The van der Waals surface area contributed by atoms with E-state index in [1.54, 1.807) is 42.5 Å². The summed E-state index contributed by atoms with van der Waals surface area (Å²) < 4.78 is 5.39. The van der Waals surface area contributed by atoms with E-state index in [-0.39, 0.29) is 17.9 Å². The van der Waals surface area contributed by atoms with Crippen LogP contribution in [0.3, 0.4) is 0 Å². The van der Waals surface area contributed by atoms with Gasteiger partial charge in [0.15, 0.2) is 0 Å². The molecule has 1 atom stereocenters. The summed E-state index contributed by atoms with van der Waals surface area (Å²) >= 11 is 6.19. The molecular formula is C24H20ClNO4. The van der Waals surface area contributed by atoms with E-state index in [9.17, 15) is 14.7 Å². The third-order valence-corrected chi connectivity index (χ3v) is 5.49. The van der Waals surface area contributed by atoms with Crippen molar-refractivity contribution in [2.45, 2.75) is 26.4 Å². The molecule has 1 N–H and O–H groups in total. The average molecular weight is 422 g/mol. The summed E-state index contributed by atoms with van der Waals surface area (Å²) in [5.41, 5.74) is 2.95. The zero-order chi connectivity index (χ0) is 21.4. The Morgan fingerprint density at radius 2 is 1.90 bits per heavy atom. The van der Waals surface area contributed by atoms with Gasteiger partial charge in [-0.3, -0.25) is 9.59 Å². The quantitative estimate of drug-likeness (QED) is 0.358. The number of nitrogens with zero attached hydrogens (tertiary/aromatic N) is 1. The van der Waals surface area contributed by atoms with E-state index >= 15 is 0 Å². The predicted octanol–water partition coefficient (Wildman–Crippen LogP) is 5.17. The number of rotatable bonds is 4. The van der Waals surface area contributed by atoms with E-state index in [4.69, 9.17) is 16.0 Å². The molecule has 1 fully saturated rings. The van der Waals surface area contributed by atoms with Crippen LogP contribution in [0.15, 0.2) is 70.9 Å². The van der Waals surface area contributed by atoms with Crippen LogP contribution in [-0.4, -0.2) is 21.7 Å². The Kier molecular flexibility index (Phi) is 5.22. The average Bonchev–Trinajstić information content (AvgIpc) is 3.32. The highest BCUT2D eigenvalue weighted by atomic mass is 35.5. The van der Waals surface area contributed by atoms with Crippen molar-refractivity contribution >= 4 is 29.1 Å². The number of hydrogen-bond acceptors (Lipinski definition) is 4. The Balaban J connectivity index is 1.92. The summed E-state index contributed by atoms with van der Waals surface area (Å²) in [6.07, 6.45) is 1.51. The Labute approximate surface area is 179 Å². The number of aliphatic hydroxyl groups is 1. The molecule has 0 aliphatic carbocycles. The van der Waals surface area contributed by atoms with Gasteiger partial charge in [0.2, 0.25) is 0 Å². The highest BCUT2D eigenvalue weighted by Gasteiger charge is 2.46. The summed E-state index contributed by atoms with van der Waals surface area (Å²) in [5.74, 6) is -1.08. The lowest BCUT2D eigenvalue weighted by molar-refractivity contribution is -0.140. The van der Waals surface area contributed by atoms with E-state index in [1.165, 1.54) is 11.2 Å². The topological polar surface area (TPSA) is 70.8 Å². The zero-order valence-electron chi connectivity index (χ0n) is 16.6. The minimum Gasteiger partial charge on any atom is -0.507 e. The lowest BCUT2D eigenvalue weighted by Crippen LogP contribution is -2.29. The van der Waals surface area contributed by atoms with E-state index in [0.717, 1.165) is 11.1 Å². The molecule has 6 heteroatoms. The van der Waals surface area contributed by atoms with Crippen LogP contribution in [0.4, 0.5) is 0 Å². The first-order valence-corrected chi connectivity index (χ1v) is 9.88. The van der Waals surface area contributed by atoms with Crippen molar-refractivity contribution in [1.29, 1.82) is 0 Å². The van der Waals surface area contributed by atoms with Gasteiger partial charge in [-0.05, 0) is 55.3 Å². The first-order valence-electron chi connectivity index (χ1n) is 9.50. The van der Waals surface area contributed by atoms with Gasteiger partial charge in [-0.1, -0.05) is 41.4 Å². The number of likely N-dealkylation sites (tertiary alicyclic amines) is 1. The standard InChI is InChI=1S/C24H20ClNO4/c1-14-8-9-15(2)19(11-14)22(27)20-21(16-5-3-6-17(25)12-16)26(24(29)23(20)28)13-18-7-4-10-30-18/h3-12,21,27H,13H2,1-2H3/b22-20+. The minimum absolute atomic E-state index is 0.0440. The smallest absolute Gasteiger partial charge is 0.296 e. The van der Waals surface area contributed by atoms with Crippen LogP contribution in [0.25, 0.3) is 5.76 Å². The molecule has 1 unspecified atom stereocenters. The third-order valence-electron chi connectivity index (χ3n) is 5.26. The van der Waals surface area contributed by atoms with Crippen molar-refractivity contribution in [2.24, 2.45) is 0 Å². The number of halogens is 1. The van der Waals surface area contributed by atoms with Crippen molar-refractivity contribution in [3.8, 4) is 0 Å². The Morgan fingerprint density at radius 1 is 1.10 bits per heavy atom. The molecule has 0 radical (unpaired) electrons. The van der Waals surface area contributed by atoms with Crippen molar-refractivity contribution in [3.63, 3.8) is 0 Å². The molecule has 1 saturated heterocycles. The first-order chi connectivity index (χ1) is 14.4. The minimum atomic E-state index is -0.784. The van der Waals surface area contributed by atoms with Gasteiger partial charge in [0.1, 0.15) is 11.5 Å². The number of benzene rings is 2. The number of carbonyl (C=O) groups is 2. The molecule has 30 heavy (non-hydrogen) atoms. The summed E-state index contributed by atoms with van der Waals surface area (Å²) in [6.45, 7) is 3.85. The lowest BCUT2D eigenvalue weighted by Gasteiger charge is -2.24. The lowest BCUT2D eigenvalue weighted by atomic mass is 9.93. The maximum absolute atomic E-state index is 13.1. The van der Waals surface area contributed by atoms with Gasteiger partial charge in [-0.15, -0.1) is 0 Å². The zero-order valence-corrected chi connectivity index (χ0v) is 17.3. The van der Waals surface area contributed by atoms with E-state index in [0.29, 0.717) is 21.9 Å². The molecule has 2 heterocycles. The second-order valence-electron chi connectivity index (χ2n) is 7.38. The summed E-state index contributed by atoms with van der Waals surface area (Å²) in [5, 5.41) is 11.7. The van der Waals surface area contributed by atoms with Crippen LogP contribution in [-0.2, 0) is 16.1 Å². The Bertz CT molecular complexity index is 1160. The van der Waals surface area contributed by atoms with Crippen molar-refractivity contribution in [2.75, 3.05) is 0 Å². The molecule has 1 aliphatic heterocycles. The van der Waals surface area contributed by atoms with Gasteiger partial charge in [0.25, 0.3) is 11.7 Å². The highest BCUT2D eigenvalue weighted by molar-refractivity contribution is 6.46. The number of ketones is 1. The molecule has 1 aliphatic rings. The first kappa shape index (κ1) is 20.0. The molecule has 1 aromatic heterocycles. The van der Waals surface area contributed by atoms with E-state index < -0.39 is 17.7 Å². The molecule has 5 nitrogen and oxygen atoms in total. The maximum atomic E-state index is 13.1. The fourth-order valence-electron chi connectivity index (χ4n) is 3.77. The molecule has 4 rings (SSSR count). The fourth-order valence-corrected chi connectivity index (χ4v) is 3.97. The van der Waals surface area contributed by atoms with Gasteiger partial charge in [-0.2, -0.15) is 0 Å².